The Bertz CT molecular complexity index is 975. The van der Waals surface area contributed by atoms with Crippen LogP contribution in [-0.2, 0) is 9.59 Å². The zero-order valence-corrected chi connectivity index (χ0v) is 17.3. The lowest BCUT2D eigenvalue weighted by Crippen LogP contribution is -2.32. The first kappa shape index (κ1) is 20.6. The van der Waals surface area contributed by atoms with E-state index >= 15 is 0 Å². The summed E-state index contributed by atoms with van der Waals surface area (Å²) in [6, 6.07) is 16.1. The van der Waals surface area contributed by atoms with Crippen molar-refractivity contribution in [2.24, 2.45) is 0 Å². The van der Waals surface area contributed by atoms with Crippen LogP contribution in [0.5, 0.6) is 5.75 Å². The molecule has 1 aliphatic rings. The van der Waals surface area contributed by atoms with Gasteiger partial charge in [-0.2, -0.15) is 5.26 Å². The van der Waals surface area contributed by atoms with Crippen LogP contribution in [0.1, 0.15) is 18.4 Å². The number of para-hydroxylation sites is 2. The molecule has 0 spiro atoms. The van der Waals surface area contributed by atoms with Crippen molar-refractivity contribution < 1.29 is 14.3 Å². The van der Waals surface area contributed by atoms with E-state index in [1.165, 1.54) is 6.08 Å². The van der Waals surface area contributed by atoms with E-state index in [1.54, 1.807) is 47.4 Å². The number of carbonyl (C=O) groups excluding carboxylic acids is 2. The summed E-state index contributed by atoms with van der Waals surface area (Å²) in [5.74, 6) is -0.141. The summed E-state index contributed by atoms with van der Waals surface area (Å²) in [5, 5.41) is 12.2. The number of ether oxygens (including phenoxy) is 1. The monoisotopic (exact) mass is 453 g/mol. The Morgan fingerprint density at radius 3 is 2.55 bits per heavy atom. The highest BCUT2D eigenvalue weighted by Crippen LogP contribution is 2.24. The first-order valence-corrected chi connectivity index (χ1v) is 10.0. The zero-order chi connectivity index (χ0) is 20.6. The molecule has 0 saturated carbocycles. The molecule has 148 valence electrons. The summed E-state index contributed by atoms with van der Waals surface area (Å²) in [6.07, 6.45) is 3.49. The first-order valence-electron chi connectivity index (χ1n) is 9.26. The van der Waals surface area contributed by atoms with E-state index in [1.807, 2.05) is 12.1 Å². The maximum Gasteiger partial charge on any atom is 0.266 e. The van der Waals surface area contributed by atoms with Crippen LogP contribution in [0.25, 0.3) is 6.08 Å². The van der Waals surface area contributed by atoms with Gasteiger partial charge in [0.25, 0.3) is 11.8 Å². The minimum atomic E-state index is -0.526. The maximum atomic E-state index is 12.5. The molecule has 2 aromatic carbocycles. The number of anilines is 1. The summed E-state index contributed by atoms with van der Waals surface area (Å²) in [4.78, 5) is 26.5. The highest BCUT2D eigenvalue weighted by atomic mass is 79.9. The van der Waals surface area contributed by atoms with Crippen LogP contribution < -0.4 is 10.1 Å². The van der Waals surface area contributed by atoms with E-state index in [9.17, 15) is 14.9 Å². The summed E-state index contributed by atoms with van der Waals surface area (Å²) in [5.41, 5.74) is 1.06. The number of hydrogen-bond donors (Lipinski definition) is 1. The fraction of sp³-hybridized carbons (Fsp3) is 0.227. The Morgan fingerprint density at radius 1 is 1.14 bits per heavy atom. The molecule has 1 fully saturated rings. The smallest absolute Gasteiger partial charge is 0.266 e. The third-order valence-electron chi connectivity index (χ3n) is 4.52. The minimum Gasteiger partial charge on any atom is -0.483 e. The molecule has 0 radical (unpaired) electrons. The largest absolute Gasteiger partial charge is 0.483 e. The van der Waals surface area contributed by atoms with Gasteiger partial charge in [0.15, 0.2) is 6.61 Å². The second-order valence-corrected chi connectivity index (χ2v) is 7.37. The van der Waals surface area contributed by atoms with Crippen molar-refractivity contribution in [3.63, 3.8) is 0 Å². The molecule has 1 N–H and O–H groups in total. The number of carbonyl (C=O) groups is 2. The van der Waals surface area contributed by atoms with Gasteiger partial charge < -0.3 is 15.0 Å². The molecular weight excluding hydrogens is 434 g/mol. The molecule has 0 aliphatic carbocycles. The number of halogens is 1. The summed E-state index contributed by atoms with van der Waals surface area (Å²) in [6.45, 7) is 1.45. The Hall–Kier alpha value is -3.11. The van der Waals surface area contributed by atoms with E-state index in [-0.39, 0.29) is 18.1 Å². The fourth-order valence-corrected chi connectivity index (χ4v) is 3.37. The standard InChI is InChI=1S/C22H20BrN3O3/c23-18-8-2-3-9-19(18)25-22(28)17(14-24)13-16-7-1-4-10-20(16)29-15-21(27)26-11-5-6-12-26/h1-4,7-10,13H,5-6,11-12,15H2,(H,25,28)/b17-13-. The summed E-state index contributed by atoms with van der Waals surface area (Å²) in [7, 11) is 0. The Kier molecular flexibility index (Phi) is 7.04. The molecule has 7 heteroatoms. The third kappa shape index (κ3) is 5.46. The lowest BCUT2D eigenvalue weighted by atomic mass is 10.1. The Labute approximate surface area is 177 Å². The van der Waals surface area contributed by atoms with Gasteiger partial charge in [-0.05, 0) is 53.0 Å². The average Bonchev–Trinajstić information content (AvgIpc) is 3.27. The molecule has 1 saturated heterocycles. The summed E-state index contributed by atoms with van der Waals surface area (Å²) >= 11 is 3.36. The molecule has 29 heavy (non-hydrogen) atoms. The van der Waals surface area contributed by atoms with Gasteiger partial charge >= 0.3 is 0 Å². The van der Waals surface area contributed by atoms with Crippen molar-refractivity contribution >= 4 is 39.5 Å². The van der Waals surface area contributed by atoms with Gasteiger partial charge in [0.2, 0.25) is 0 Å². The molecule has 3 rings (SSSR count). The SMILES string of the molecule is N#C/C(=C/c1ccccc1OCC(=O)N1CCCC1)C(=O)Nc1ccccc1Br. The van der Waals surface area contributed by atoms with E-state index in [0.29, 0.717) is 17.0 Å². The maximum absolute atomic E-state index is 12.5. The molecule has 0 aromatic heterocycles. The molecule has 2 amide bonds. The second kappa shape index (κ2) is 9.89. The summed E-state index contributed by atoms with van der Waals surface area (Å²) < 4.78 is 6.41. The lowest BCUT2D eigenvalue weighted by Gasteiger charge is -2.16. The van der Waals surface area contributed by atoms with Gasteiger partial charge in [0.05, 0.1) is 5.69 Å². The predicted molar refractivity (Wildman–Crippen MR) is 114 cm³/mol. The number of hydrogen-bond acceptors (Lipinski definition) is 4. The van der Waals surface area contributed by atoms with Crippen molar-refractivity contribution in [2.45, 2.75) is 12.8 Å². The average molecular weight is 454 g/mol. The Balaban J connectivity index is 1.73. The van der Waals surface area contributed by atoms with Crippen molar-refractivity contribution in [1.82, 2.24) is 4.90 Å². The highest BCUT2D eigenvalue weighted by molar-refractivity contribution is 9.10. The highest BCUT2D eigenvalue weighted by Gasteiger charge is 2.19. The van der Waals surface area contributed by atoms with Gasteiger partial charge in [-0.1, -0.05) is 30.3 Å². The van der Waals surface area contributed by atoms with E-state index in [4.69, 9.17) is 4.74 Å². The van der Waals surface area contributed by atoms with E-state index < -0.39 is 5.91 Å². The molecule has 1 aliphatic heterocycles. The molecule has 6 nitrogen and oxygen atoms in total. The van der Waals surface area contributed by atoms with Crippen LogP contribution >= 0.6 is 15.9 Å². The van der Waals surface area contributed by atoms with Crippen LogP contribution in [0.4, 0.5) is 5.69 Å². The molecule has 0 unspecified atom stereocenters. The number of benzene rings is 2. The van der Waals surface area contributed by atoms with Gasteiger partial charge in [-0.3, -0.25) is 9.59 Å². The van der Waals surface area contributed by atoms with Crippen molar-refractivity contribution in [1.29, 1.82) is 5.26 Å². The fourth-order valence-electron chi connectivity index (χ4n) is 2.98. The van der Waals surface area contributed by atoms with Gasteiger partial charge in [0, 0.05) is 23.1 Å². The molecule has 0 atom stereocenters. The van der Waals surface area contributed by atoms with Crippen molar-refractivity contribution in [3.8, 4) is 11.8 Å². The molecule has 1 heterocycles. The first-order chi connectivity index (χ1) is 14.1. The predicted octanol–water partition coefficient (Wildman–Crippen LogP) is 4.00. The number of nitrogens with zero attached hydrogens (tertiary/aromatic N) is 2. The van der Waals surface area contributed by atoms with Crippen molar-refractivity contribution in [3.05, 3.63) is 64.1 Å². The normalized spacial score (nSPS) is 13.7. The zero-order valence-electron chi connectivity index (χ0n) is 15.7. The molecule has 2 aromatic rings. The van der Waals surface area contributed by atoms with Gasteiger partial charge in [-0.25, -0.2) is 0 Å². The quantitative estimate of drug-likeness (QED) is 0.529. The van der Waals surface area contributed by atoms with Gasteiger partial charge in [-0.15, -0.1) is 0 Å². The number of rotatable bonds is 6. The molecular formula is C22H20BrN3O3. The third-order valence-corrected chi connectivity index (χ3v) is 5.21. The van der Waals surface area contributed by atoms with Crippen LogP contribution in [0.2, 0.25) is 0 Å². The van der Waals surface area contributed by atoms with Crippen LogP contribution in [0.15, 0.2) is 58.6 Å². The molecule has 0 bridgehead atoms. The minimum absolute atomic E-state index is 0.0616. The lowest BCUT2D eigenvalue weighted by molar-refractivity contribution is -0.132. The van der Waals surface area contributed by atoms with Crippen molar-refractivity contribution in [2.75, 3.05) is 25.0 Å². The number of likely N-dealkylation sites (tertiary alicyclic amines) is 1. The van der Waals surface area contributed by atoms with Crippen LogP contribution in [-0.4, -0.2) is 36.4 Å². The number of nitrogens with one attached hydrogen (secondary N) is 1. The van der Waals surface area contributed by atoms with E-state index in [0.717, 1.165) is 30.4 Å². The number of nitriles is 1. The number of amides is 2. The second-order valence-electron chi connectivity index (χ2n) is 6.52. The Morgan fingerprint density at radius 2 is 1.83 bits per heavy atom. The van der Waals surface area contributed by atoms with E-state index in [2.05, 4.69) is 21.2 Å². The van der Waals surface area contributed by atoms with Crippen LogP contribution in [0, 0.1) is 11.3 Å². The topological polar surface area (TPSA) is 82.4 Å². The van der Waals surface area contributed by atoms with Crippen LogP contribution in [0.3, 0.4) is 0 Å². The van der Waals surface area contributed by atoms with Gasteiger partial charge in [0.1, 0.15) is 17.4 Å².